The van der Waals surface area contributed by atoms with E-state index in [2.05, 4.69) is 30.3 Å². The van der Waals surface area contributed by atoms with Gasteiger partial charge in [-0.2, -0.15) is 5.10 Å². The molecule has 0 saturated carbocycles. The summed E-state index contributed by atoms with van der Waals surface area (Å²) in [7, 11) is 0. The Morgan fingerprint density at radius 3 is 2.74 bits per heavy atom. The minimum Gasteiger partial charge on any atom is -0.488 e. The molecule has 3 aromatic heterocycles. The van der Waals surface area contributed by atoms with Crippen LogP contribution in [0, 0.1) is 5.82 Å². The van der Waals surface area contributed by atoms with Gasteiger partial charge in [0.1, 0.15) is 48.0 Å². The number of nitrogens with one attached hydrogen (secondary N) is 1. The Kier molecular flexibility index (Phi) is 6.37. The highest BCUT2D eigenvalue weighted by Crippen LogP contribution is 2.42. The molecule has 7 rings (SSSR count). The predicted octanol–water partition coefficient (Wildman–Crippen LogP) is 5.17. The molecule has 2 bridgehead atoms. The van der Waals surface area contributed by atoms with Crippen LogP contribution in [0.1, 0.15) is 20.8 Å². The maximum absolute atomic E-state index is 15.4. The maximum Gasteiger partial charge on any atom is 0.410 e. The van der Waals surface area contributed by atoms with Gasteiger partial charge in [-0.1, -0.05) is 0 Å². The summed E-state index contributed by atoms with van der Waals surface area (Å²) in [6.07, 6.45) is 4.23. The molecular weight excluding hydrogens is 555 g/mol. The number of carbonyl (C=O) groups is 1. The van der Waals surface area contributed by atoms with Gasteiger partial charge in [-0.15, -0.1) is 0 Å². The highest BCUT2D eigenvalue weighted by atomic mass is 19.1. The fraction of sp³-hybridized carbons (Fsp3) is 0.300. The monoisotopic (exact) mass is 584 g/mol. The topological polar surface area (TPSA) is 119 Å². The van der Waals surface area contributed by atoms with E-state index in [9.17, 15) is 4.79 Å². The van der Waals surface area contributed by atoms with E-state index in [4.69, 9.17) is 14.2 Å². The zero-order valence-corrected chi connectivity index (χ0v) is 23.8. The average molecular weight is 585 g/mol. The molecule has 1 saturated heterocycles. The number of carbonyl (C=O) groups excluding carboxylic acids is 1. The summed E-state index contributed by atoms with van der Waals surface area (Å²) in [6.45, 7) is 7.52. The van der Waals surface area contributed by atoms with Gasteiger partial charge in [-0.05, 0) is 51.1 Å². The molecule has 5 aromatic rings. The SMILES string of the molecule is CC(C)(C)OC(=O)N1CCN2C[C@@H]1COc1c2ccc2ncnc(Nc3ccc(Oc4ccn5ncnc5c4)cc3F)c12. The van der Waals surface area contributed by atoms with E-state index in [-0.39, 0.29) is 24.4 Å². The van der Waals surface area contributed by atoms with Crippen LogP contribution in [0.25, 0.3) is 16.6 Å². The third kappa shape index (κ3) is 5.17. The van der Waals surface area contributed by atoms with Crippen LogP contribution in [0.15, 0.2) is 61.3 Å². The molecule has 1 N–H and O–H groups in total. The van der Waals surface area contributed by atoms with Gasteiger partial charge in [0, 0.05) is 38.0 Å². The lowest BCUT2D eigenvalue weighted by Gasteiger charge is -2.40. The second-order valence-electron chi connectivity index (χ2n) is 11.4. The van der Waals surface area contributed by atoms with E-state index in [0.717, 1.165) is 5.69 Å². The Balaban J connectivity index is 1.16. The lowest BCUT2D eigenvalue weighted by Crippen LogP contribution is -2.57. The molecule has 220 valence electrons. The molecular formula is C30H29FN8O4. The van der Waals surface area contributed by atoms with Crippen LogP contribution in [-0.4, -0.2) is 73.4 Å². The highest BCUT2D eigenvalue weighted by molar-refractivity contribution is 6.00. The molecule has 13 heteroatoms. The van der Waals surface area contributed by atoms with Crippen molar-refractivity contribution < 1.29 is 23.4 Å². The summed E-state index contributed by atoms with van der Waals surface area (Å²) in [5.74, 6) is 1.29. The van der Waals surface area contributed by atoms with Crippen molar-refractivity contribution in [2.45, 2.75) is 32.4 Å². The van der Waals surface area contributed by atoms with Crippen molar-refractivity contribution >= 4 is 39.8 Å². The Bertz CT molecular complexity index is 1860. The fourth-order valence-electron chi connectivity index (χ4n) is 5.34. The standard InChI is InChI=1S/C30H29FN8O4/c1-30(2,3)43-29(40)38-11-10-37-14-18(38)15-41-27-24(37)7-6-23-26(27)28(34-16-32-23)36-22-5-4-19(12-21(22)31)42-20-8-9-39-25(13-20)33-17-35-39/h4-9,12-13,16-18H,10-11,14-15H2,1-3H3,(H,32,34,36)/t18-/m1/s1. The van der Waals surface area contributed by atoms with E-state index in [1.54, 1.807) is 39.9 Å². The molecule has 5 heterocycles. The molecule has 1 amide bonds. The van der Waals surface area contributed by atoms with Crippen molar-refractivity contribution in [1.29, 1.82) is 0 Å². The summed E-state index contributed by atoms with van der Waals surface area (Å²) in [4.78, 5) is 29.9. The highest BCUT2D eigenvalue weighted by Gasteiger charge is 2.37. The number of anilines is 3. The van der Waals surface area contributed by atoms with Crippen LogP contribution in [0.2, 0.25) is 0 Å². The van der Waals surface area contributed by atoms with Gasteiger partial charge in [-0.3, -0.25) is 4.90 Å². The summed E-state index contributed by atoms with van der Waals surface area (Å²) in [6, 6.07) is 11.6. The van der Waals surface area contributed by atoms with Gasteiger partial charge in [0.25, 0.3) is 0 Å². The Morgan fingerprint density at radius 2 is 1.91 bits per heavy atom. The van der Waals surface area contributed by atoms with Crippen LogP contribution in [0.3, 0.4) is 0 Å². The number of hydrogen-bond acceptors (Lipinski definition) is 10. The van der Waals surface area contributed by atoms with E-state index < -0.39 is 11.4 Å². The summed E-state index contributed by atoms with van der Waals surface area (Å²) in [5, 5.41) is 7.81. The zero-order chi connectivity index (χ0) is 29.7. The van der Waals surface area contributed by atoms with E-state index in [0.29, 0.717) is 59.3 Å². The first-order chi connectivity index (χ1) is 20.7. The number of ether oxygens (including phenoxy) is 3. The van der Waals surface area contributed by atoms with Crippen LogP contribution < -0.4 is 19.7 Å². The molecule has 43 heavy (non-hydrogen) atoms. The van der Waals surface area contributed by atoms with Crippen LogP contribution >= 0.6 is 0 Å². The molecule has 0 radical (unpaired) electrons. The van der Waals surface area contributed by atoms with Crippen molar-refractivity contribution in [3.8, 4) is 17.2 Å². The largest absolute Gasteiger partial charge is 0.488 e. The van der Waals surface area contributed by atoms with Gasteiger partial charge in [0.2, 0.25) is 0 Å². The van der Waals surface area contributed by atoms with Crippen molar-refractivity contribution in [2.75, 3.05) is 36.5 Å². The van der Waals surface area contributed by atoms with Crippen molar-refractivity contribution in [1.82, 2.24) is 29.5 Å². The van der Waals surface area contributed by atoms with Crippen LogP contribution in [0.5, 0.6) is 17.2 Å². The lowest BCUT2D eigenvalue weighted by molar-refractivity contribution is 0.00980. The average Bonchev–Trinajstić information content (AvgIpc) is 3.39. The molecule has 1 atom stereocenters. The second kappa shape index (κ2) is 10.3. The third-order valence-electron chi connectivity index (χ3n) is 7.29. The number of aromatic nitrogens is 5. The number of piperazine rings is 1. The van der Waals surface area contributed by atoms with Gasteiger partial charge < -0.3 is 24.4 Å². The van der Waals surface area contributed by atoms with Gasteiger partial charge in [0.15, 0.2) is 11.4 Å². The number of halogens is 1. The van der Waals surface area contributed by atoms with Gasteiger partial charge >= 0.3 is 6.09 Å². The first-order valence-corrected chi connectivity index (χ1v) is 13.9. The van der Waals surface area contributed by atoms with Crippen LogP contribution in [0.4, 0.5) is 26.4 Å². The Morgan fingerprint density at radius 1 is 1.05 bits per heavy atom. The predicted molar refractivity (Wildman–Crippen MR) is 157 cm³/mol. The molecule has 1 fully saturated rings. The van der Waals surface area contributed by atoms with Crippen molar-refractivity contribution in [3.63, 3.8) is 0 Å². The summed E-state index contributed by atoms with van der Waals surface area (Å²) in [5.41, 5.74) is 1.74. The second-order valence-corrected chi connectivity index (χ2v) is 11.4. The first kappa shape index (κ1) is 26.7. The zero-order valence-electron chi connectivity index (χ0n) is 23.8. The Hall–Kier alpha value is -5.20. The molecule has 2 aromatic carbocycles. The van der Waals surface area contributed by atoms with Gasteiger partial charge in [0.05, 0.1) is 28.3 Å². The molecule has 12 nitrogen and oxygen atoms in total. The molecule has 0 unspecified atom stereocenters. The van der Waals surface area contributed by atoms with E-state index in [1.165, 1.54) is 18.7 Å². The lowest BCUT2D eigenvalue weighted by atomic mass is 10.1. The van der Waals surface area contributed by atoms with Crippen molar-refractivity contribution in [3.05, 3.63) is 67.1 Å². The van der Waals surface area contributed by atoms with Crippen molar-refractivity contribution in [2.24, 2.45) is 0 Å². The first-order valence-electron chi connectivity index (χ1n) is 13.9. The Labute approximate surface area is 246 Å². The fourth-order valence-corrected chi connectivity index (χ4v) is 5.34. The molecule has 0 spiro atoms. The van der Waals surface area contributed by atoms with E-state index >= 15 is 4.39 Å². The number of pyridine rings is 1. The number of fused-ring (bicyclic) bond motifs is 7. The normalized spacial score (nSPS) is 16.4. The number of rotatable bonds is 4. The molecule has 0 aliphatic carbocycles. The molecule has 2 aliphatic heterocycles. The number of benzene rings is 2. The minimum atomic E-state index is -0.594. The van der Waals surface area contributed by atoms with Crippen LogP contribution in [-0.2, 0) is 4.74 Å². The number of amides is 1. The number of hydrogen-bond donors (Lipinski definition) is 1. The minimum absolute atomic E-state index is 0.206. The smallest absolute Gasteiger partial charge is 0.410 e. The number of nitrogens with zero attached hydrogens (tertiary/aromatic N) is 7. The summed E-state index contributed by atoms with van der Waals surface area (Å²) < 4.78 is 34.8. The molecule has 2 aliphatic rings. The summed E-state index contributed by atoms with van der Waals surface area (Å²) >= 11 is 0. The third-order valence-corrected chi connectivity index (χ3v) is 7.29. The van der Waals surface area contributed by atoms with E-state index in [1.807, 2.05) is 32.9 Å². The van der Waals surface area contributed by atoms with Gasteiger partial charge in [-0.25, -0.2) is 28.7 Å². The quantitative estimate of drug-likeness (QED) is 0.303. The maximum atomic E-state index is 15.4.